The highest BCUT2D eigenvalue weighted by atomic mass is 16.5. The van der Waals surface area contributed by atoms with E-state index in [1.165, 1.54) is 5.56 Å². The van der Waals surface area contributed by atoms with Crippen LogP contribution in [0.3, 0.4) is 0 Å². The van der Waals surface area contributed by atoms with Crippen molar-refractivity contribution in [2.45, 2.75) is 40.8 Å². The Hall–Kier alpha value is -3.28. The number of hydrogen-bond acceptors (Lipinski definition) is 4. The van der Waals surface area contributed by atoms with Gasteiger partial charge in [0.05, 0.1) is 25.6 Å². The fourth-order valence-corrected chi connectivity index (χ4v) is 4.08. The first kappa shape index (κ1) is 22.4. The SMILES string of the molecule is COc1ccc(C2=CC(=Nc3c(C)cc(C)cc3C)N(C)C(C)N2C(C)=O)cc1OC. The molecule has 31 heavy (non-hydrogen) atoms. The Labute approximate surface area is 184 Å². The van der Waals surface area contributed by atoms with Gasteiger partial charge in [-0.25, -0.2) is 4.99 Å². The van der Waals surface area contributed by atoms with Crippen LogP contribution in [0.4, 0.5) is 5.69 Å². The minimum absolute atomic E-state index is 0.0397. The summed E-state index contributed by atoms with van der Waals surface area (Å²) in [6.07, 6.45) is 1.76. The zero-order valence-electron chi connectivity index (χ0n) is 19.6. The minimum atomic E-state index is -0.199. The molecule has 1 amide bonds. The largest absolute Gasteiger partial charge is 0.493 e. The van der Waals surface area contributed by atoms with Gasteiger partial charge in [0.25, 0.3) is 0 Å². The van der Waals surface area contributed by atoms with Crippen molar-refractivity contribution < 1.29 is 14.3 Å². The first-order valence-corrected chi connectivity index (χ1v) is 10.3. The summed E-state index contributed by atoms with van der Waals surface area (Å²) in [5.74, 6) is 2.01. The van der Waals surface area contributed by atoms with E-state index in [2.05, 4.69) is 32.9 Å². The standard InChI is InChI=1S/C25H31N3O3/c1-15-11-16(2)25(17(3)12-15)26-24-14-21(28(19(5)29)18(4)27(24)6)20-9-10-22(30-7)23(13-20)31-8/h9-14,18H,1-8H3. The van der Waals surface area contributed by atoms with E-state index in [0.717, 1.165) is 33.9 Å². The van der Waals surface area contributed by atoms with Gasteiger partial charge in [0.15, 0.2) is 11.5 Å². The molecule has 1 aliphatic rings. The van der Waals surface area contributed by atoms with Crippen LogP contribution in [-0.4, -0.2) is 49.0 Å². The average Bonchev–Trinajstić information content (AvgIpc) is 2.72. The van der Waals surface area contributed by atoms with Crippen molar-refractivity contribution >= 4 is 23.1 Å². The van der Waals surface area contributed by atoms with Crippen molar-refractivity contribution in [2.24, 2.45) is 4.99 Å². The summed E-state index contributed by atoms with van der Waals surface area (Å²) >= 11 is 0. The van der Waals surface area contributed by atoms with Gasteiger partial charge >= 0.3 is 0 Å². The van der Waals surface area contributed by atoms with E-state index in [-0.39, 0.29) is 12.1 Å². The molecule has 0 saturated heterocycles. The van der Waals surface area contributed by atoms with E-state index in [4.69, 9.17) is 14.5 Å². The lowest BCUT2D eigenvalue weighted by molar-refractivity contribution is -0.128. The third-order valence-corrected chi connectivity index (χ3v) is 5.70. The van der Waals surface area contributed by atoms with Gasteiger partial charge in [-0.3, -0.25) is 9.69 Å². The molecule has 2 aromatic carbocycles. The summed E-state index contributed by atoms with van der Waals surface area (Å²) in [4.78, 5) is 21.4. The molecular weight excluding hydrogens is 390 g/mol. The van der Waals surface area contributed by atoms with E-state index >= 15 is 0 Å². The van der Waals surface area contributed by atoms with Gasteiger partial charge in [0, 0.05) is 25.6 Å². The van der Waals surface area contributed by atoms with Gasteiger partial charge in [-0.1, -0.05) is 17.7 Å². The molecule has 1 aliphatic heterocycles. The highest BCUT2D eigenvalue weighted by Gasteiger charge is 2.32. The van der Waals surface area contributed by atoms with Crippen LogP contribution >= 0.6 is 0 Å². The van der Waals surface area contributed by atoms with Crippen LogP contribution in [0.25, 0.3) is 5.70 Å². The summed E-state index contributed by atoms with van der Waals surface area (Å²) in [5, 5.41) is 0. The van der Waals surface area contributed by atoms with E-state index < -0.39 is 0 Å². The Morgan fingerprint density at radius 1 is 1.00 bits per heavy atom. The Balaban J connectivity index is 2.21. The van der Waals surface area contributed by atoms with Crippen molar-refractivity contribution in [3.63, 3.8) is 0 Å². The van der Waals surface area contributed by atoms with Crippen LogP contribution in [0, 0.1) is 20.8 Å². The second-order valence-electron chi connectivity index (χ2n) is 7.95. The second kappa shape index (κ2) is 8.84. The highest BCUT2D eigenvalue weighted by Crippen LogP contribution is 2.35. The zero-order chi connectivity index (χ0) is 22.9. The number of aryl methyl sites for hydroxylation is 3. The normalized spacial score (nSPS) is 17.6. The maximum absolute atomic E-state index is 12.6. The molecule has 0 bridgehead atoms. The van der Waals surface area contributed by atoms with E-state index in [0.29, 0.717) is 11.5 Å². The maximum Gasteiger partial charge on any atom is 0.225 e. The number of nitrogens with zero attached hydrogens (tertiary/aromatic N) is 3. The molecule has 0 aromatic heterocycles. The fourth-order valence-electron chi connectivity index (χ4n) is 4.08. The van der Waals surface area contributed by atoms with Crippen LogP contribution in [0.15, 0.2) is 41.4 Å². The predicted molar refractivity (Wildman–Crippen MR) is 125 cm³/mol. The first-order valence-electron chi connectivity index (χ1n) is 10.3. The summed E-state index contributed by atoms with van der Waals surface area (Å²) in [6, 6.07) is 9.94. The molecule has 3 rings (SSSR count). The van der Waals surface area contributed by atoms with Crippen LogP contribution < -0.4 is 9.47 Å². The van der Waals surface area contributed by atoms with Crippen molar-refractivity contribution in [3.8, 4) is 11.5 Å². The van der Waals surface area contributed by atoms with Crippen molar-refractivity contribution in [2.75, 3.05) is 21.3 Å². The number of carbonyl (C=O) groups excluding carboxylic acids is 1. The molecule has 1 atom stereocenters. The summed E-state index contributed by atoms with van der Waals surface area (Å²) in [6.45, 7) is 9.82. The number of methoxy groups -OCH3 is 2. The average molecular weight is 422 g/mol. The van der Waals surface area contributed by atoms with Gasteiger partial charge < -0.3 is 14.4 Å². The van der Waals surface area contributed by atoms with Crippen molar-refractivity contribution in [3.05, 3.63) is 58.7 Å². The Morgan fingerprint density at radius 2 is 1.61 bits per heavy atom. The molecule has 0 N–H and O–H groups in total. The quantitative estimate of drug-likeness (QED) is 0.709. The summed E-state index contributed by atoms with van der Waals surface area (Å²) in [5.41, 5.74) is 6.06. The molecule has 0 aliphatic carbocycles. The fraction of sp³-hybridized carbons (Fsp3) is 0.360. The number of amidine groups is 1. The molecule has 0 spiro atoms. The lowest BCUT2D eigenvalue weighted by Gasteiger charge is -2.41. The van der Waals surface area contributed by atoms with Crippen LogP contribution in [0.1, 0.15) is 36.1 Å². The third kappa shape index (κ3) is 4.29. The van der Waals surface area contributed by atoms with E-state index in [1.54, 1.807) is 26.0 Å². The molecule has 2 aromatic rings. The van der Waals surface area contributed by atoms with Crippen molar-refractivity contribution in [1.29, 1.82) is 0 Å². The molecule has 0 fully saturated rings. The molecule has 164 valence electrons. The molecule has 6 nitrogen and oxygen atoms in total. The minimum Gasteiger partial charge on any atom is -0.493 e. The van der Waals surface area contributed by atoms with Crippen molar-refractivity contribution in [1.82, 2.24) is 9.80 Å². The highest BCUT2D eigenvalue weighted by molar-refractivity contribution is 6.05. The van der Waals surface area contributed by atoms with Crippen LogP contribution in [0.2, 0.25) is 0 Å². The number of likely N-dealkylation sites (N-methyl/N-ethyl adjacent to an activating group) is 1. The Kier molecular flexibility index (Phi) is 6.39. The molecule has 1 unspecified atom stereocenters. The zero-order valence-corrected chi connectivity index (χ0v) is 19.6. The van der Waals surface area contributed by atoms with Crippen LogP contribution in [-0.2, 0) is 4.79 Å². The van der Waals surface area contributed by atoms with E-state index in [1.807, 2.05) is 43.1 Å². The lowest BCUT2D eigenvalue weighted by atomic mass is 10.0. The van der Waals surface area contributed by atoms with Crippen LogP contribution in [0.5, 0.6) is 11.5 Å². The molecule has 1 heterocycles. The number of ether oxygens (including phenoxy) is 2. The summed E-state index contributed by atoms with van der Waals surface area (Å²) in [7, 11) is 5.17. The summed E-state index contributed by atoms with van der Waals surface area (Å²) < 4.78 is 10.9. The number of rotatable bonds is 4. The number of benzene rings is 2. The molecule has 0 radical (unpaired) electrons. The van der Waals surface area contributed by atoms with Gasteiger partial charge in [0.1, 0.15) is 12.0 Å². The van der Waals surface area contributed by atoms with Gasteiger partial charge in [-0.05, 0) is 57.0 Å². The second-order valence-corrected chi connectivity index (χ2v) is 7.95. The smallest absolute Gasteiger partial charge is 0.225 e. The number of amides is 1. The third-order valence-electron chi connectivity index (χ3n) is 5.70. The molecule has 6 heteroatoms. The number of aliphatic imine (C=N–C) groups is 1. The monoisotopic (exact) mass is 421 g/mol. The Morgan fingerprint density at radius 3 is 2.16 bits per heavy atom. The van der Waals surface area contributed by atoms with Gasteiger partial charge in [-0.15, -0.1) is 0 Å². The topological polar surface area (TPSA) is 54.4 Å². The lowest BCUT2D eigenvalue weighted by Crippen LogP contribution is -2.51. The predicted octanol–water partition coefficient (Wildman–Crippen LogP) is 4.84. The van der Waals surface area contributed by atoms with Gasteiger partial charge in [-0.2, -0.15) is 0 Å². The van der Waals surface area contributed by atoms with Gasteiger partial charge in [0.2, 0.25) is 5.91 Å². The maximum atomic E-state index is 12.6. The van der Waals surface area contributed by atoms with E-state index in [9.17, 15) is 4.79 Å². The Bertz CT molecular complexity index is 1050. The molecular formula is C25H31N3O3. The number of hydrogen-bond donors (Lipinski definition) is 0. The number of carbonyl (C=O) groups is 1. The first-order chi connectivity index (χ1) is 14.7. The molecule has 0 saturated carbocycles.